The molecule has 0 amide bonds. The van der Waals surface area contributed by atoms with Crippen LogP contribution in [0.5, 0.6) is 0 Å². The van der Waals surface area contributed by atoms with E-state index in [2.05, 4.69) is 31.9 Å². The summed E-state index contributed by atoms with van der Waals surface area (Å²) >= 11 is 3.45. The predicted molar refractivity (Wildman–Crippen MR) is 82.0 cm³/mol. The minimum absolute atomic E-state index is 0.206. The summed E-state index contributed by atoms with van der Waals surface area (Å²) < 4.78 is 1.04. The fraction of sp³-hybridized carbons (Fsp3) is 0.333. The monoisotopic (exact) mass is 334 g/mol. The second kappa shape index (κ2) is 5.40. The first-order chi connectivity index (χ1) is 9.63. The van der Waals surface area contributed by atoms with Crippen LogP contribution in [0, 0.1) is 5.92 Å². The molecule has 2 aromatic rings. The molecular weight excluding hydrogens is 320 g/mol. The summed E-state index contributed by atoms with van der Waals surface area (Å²) in [6.07, 6.45) is 1.38. The normalized spacial score (nSPS) is 16.6. The van der Waals surface area contributed by atoms with Gasteiger partial charge < -0.3 is 10.0 Å². The van der Waals surface area contributed by atoms with Gasteiger partial charge in [0.1, 0.15) is 5.82 Å². The van der Waals surface area contributed by atoms with Gasteiger partial charge in [-0.3, -0.25) is 4.79 Å². The van der Waals surface area contributed by atoms with E-state index in [0.29, 0.717) is 12.8 Å². The number of fused-ring (bicyclic) bond motifs is 1. The molecule has 1 saturated heterocycles. The summed E-state index contributed by atoms with van der Waals surface area (Å²) in [4.78, 5) is 17.8. The molecule has 1 aromatic heterocycles. The summed E-state index contributed by atoms with van der Waals surface area (Å²) in [6, 6.07) is 10.1. The number of piperidine rings is 1. The Labute approximate surface area is 125 Å². The number of carbonyl (C=O) groups is 1. The van der Waals surface area contributed by atoms with Gasteiger partial charge in [0.2, 0.25) is 0 Å². The number of benzene rings is 1. The van der Waals surface area contributed by atoms with Gasteiger partial charge in [-0.2, -0.15) is 0 Å². The van der Waals surface area contributed by atoms with Crippen LogP contribution in [0.15, 0.2) is 34.8 Å². The number of anilines is 1. The lowest BCUT2D eigenvalue weighted by Gasteiger charge is -2.31. The summed E-state index contributed by atoms with van der Waals surface area (Å²) in [5.41, 5.74) is 0.964. The largest absolute Gasteiger partial charge is 0.481 e. The molecule has 20 heavy (non-hydrogen) atoms. The van der Waals surface area contributed by atoms with Crippen LogP contribution in [0.1, 0.15) is 12.8 Å². The van der Waals surface area contributed by atoms with Crippen LogP contribution in [-0.4, -0.2) is 29.1 Å². The Hall–Kier alpha value is -1.62. The molecule has 0 unspecified atom stereocenters. The van der Waals surface area contributed by atoms with E-state index in [0.717, 1.165) is 34.3 Å². The SMILES string of the molecule is O=C(O)C1CCN(c2ccc3cc(Br)ccc3n2)CC1. The summed E-state index contributed by atoms with van der Waals surface area (Å²) in [7, 11) is 0. The van der Waals surface area contributed by atoms with Crippen molar-refractivity contribution in [2.75, 3.05) is 18.0 Å². The number of carboxylic acid groups (broad SMARTS) is 1. The Morgan fingerprint density at radius 2 is 2.00 bits per heavy atom. The van der Waals surface area contributed by atoms with E-state index in [1.807, 2.05) is 24.3 Å². The number of nitrogens with zero attached hydrogens (tertiary/aromatic N) is 2. The number of aromatic nitrogens is 1. The van der Waals surface area contributed by atoms with Crippen molar-refractivity contribution in [2.45, 2.75) is 12.8 Å². The van der Waals surface area contributed by atoms with Crippen molar-refractivity contribution in [3.05, 3.63) is 34.8 Å². The van der Waals surface area contributed by atoms with Crippen LogP contribution in [0.3, 0.4) is 0 Å². The lowest BCUT2D eigenvalue weighted by molar-refractivity contribution is -0.142. The Morgan fingerprint density at radius 3 is 2.70 bits per heavy atom. The van der Waals surface area contributed by atoms with Crippen LogP contribution in [0.4, 0.5) is 5.82 Å². The number of carboxylic acids is 1. The van der Waals surface area contributed by atoms with Gasteiger partial charge in [-0.15, -0.1) is 0 Å². The Kier molecular flexibility index (Phi) is 3.61. The zero-order valence-corrected chi connectivity index (χ0v) is 12.5. The van der Waals surface area contributed by atoms with Crippen LogP contribution in [0.25, 0.3) is 10.9 Å². The average molecular weight is 335 g/mol. The highest BCUT2D eigenvalue weighted by Crippen LogP contribution is 2.25. The molecule has 5 heteroatoms. The van der Waals surface area contributed by atoms with E-state index in [1.54, 1.807) is 0 Å². The highest BCUT2D eigenvalue weighted by molar-refractivity contribution is 9.10. The van der Waals surface area contributed by atoms with Crippen molar-refractivity contribution in [1.82, 2.24) is 4.98 Å². The maximum absolute atomic E-state index is 11.0. The Morgan fingerprint density at radius 1 is 1.25 bits per heavy atom. The van der Waals surface area contributed by atoms with E-state index in [9.17, 15) is 4.79 Å². The van der Waals surface area contributed by atoms with E-state index in [-0.39, 0.29) is 5.92 Å². The molecule has 0 aliphatic carbocycles. The van der Waals surface area contributed by atoms with Crippen molar-refractivity contribution >= 4 is 38.6 Å². The van der Waals surface area contributed by atoms with E-state index in [4.69, 9.17) is 5.11 Å². The van der Waals surface area contributed by atoms with Crippen molar-refractivity contribution in [2.24, 2.45) is 5.92 Å². The first-order valence-electron chi connectivity index (χ1n) is 6.67. The number of hydrogen-bond donors (Lipinski definition) is 1. The molecule has 1 aromatic carbocycles. The maximum Gasteiger partial charge on any atom is 0.306 e. The van der Waals surface area contributed by atoms with Gasteiger partial charge in [0, 0.05) is 22.9 Å². The molecule has 1 N–H and O–H groups in total. The van der Waals surface area contributed by atoms with Gasteiger partial charge in [0.25, 0.3) is 0 Å². The maximum atomic E-state index is 11.0. The van der Waals surface area contributed by atoms with Crippen molar-refractivity contribution in [1.29, 1.82) is 0 Å². The molecule has 3 rings (SSSR count). The number of pyridine rings is 1. The third-order valence-electron chi connectivity index (χ3n) is 3.80. The third-order valence-corrected chi connectivity index (χ3v) is 4.30. The minimum Gasteiger partial charge on any atom is -0.481 e. The molecule has 104 valence electrons. The second-order valence-electron chi connectivity index (χ2n) is 5.11. The molecule has 2 heterocycles. The molecule has 0 radical (unpaired) electrons. The molecular formula is C15H15BrN2O2. The zero-order chi connectivity index (χ0) is 14.1. The number of aliphatic carboxylic acids is 1. The Balaban J connectivity index is 1.81. The van der Waals surface area contributed by atoms with E-state index >= 15 is 0 Å². The minimum atomic E-state index is -0.680. The molecule has 1 aliphatic rings. The lowest BCUT2D eigenvalue weighted by Crippen LogP contribution is -2.36. The predicted octanol–water partition coefficient (Wildman–Crippen LogP) is 3.30. The lowest BCUT2D eigenvalue weighted by atomic mass is 9.97. The Bertz CT molecular complexity index is 651. The molecule has 0 spiro atoms. The first kappa shape index (κ1) is 13.4. The number of halogens is 1. The van der Waals surface area contributed by atoms with E-state index < -0.39 is 5.97 Å². The fourth-order valence-corrected chi connectivity index (χ4v) is 3.00. The molecule has 0 atom stereocenters. The highest BCUT2D eigenvalue weighted by atomic mass is 79.9. The second-order valence-corrected chi connectivity index (χ2v) is 6.02. The number of rotatable bonds is 2. The fourth-order valence-electron chi connectivity index (χ4n) is 2.62. The molecule has 1 aliphatic heterocycles. The molecule has 0 bridgehead atoms. The van der Waals surface area contributed by atoms with Gasteiger partial charge in [-0.05, 0) is 43.2 Å². The van der Waals surface area contributed by atoms with Gasteiger partial charge in [-0.25, -0.2) is 4.98 Å². The van der Waals surface area contributed by atoms with Crippen LogP contribution in [-0.2, 0) is 4.79 Å². The average Bonchev–Trinajstić information content (AvgIpc) is 2.47. The summed E-state index contributed by atoms with van der Waals surface area (Å²) in [6.45, 7) is 1.51. The third kappa shape index (κ3) is 2.63. The number of hydrogen-bond acceptors (Lipinski definition) is 3. The molecule has 1 fully saturated rings. The van der Waals surface area contributed by atoms with Crippen LogP contribution < -0.4 is 4.90 Å². The summed E-state index contributed by atoms with van der Waals surface area (Å²) in [5, 5.41) is 10.1. The van der Waals surface area contributed by atoms with Gasteiger partial charge in [0.05, 0.1) is 11.4 Å². The smallest absolute Gasteiger partial charge is 0.306 e. The van der Waals surface area contributed by atoms with Crippen LogP contribution in [0.2, 0.25) is 0 Å². The van der Waals surface area contributed by atoms with Gasteiger partial charge in [-0.1, -0.05) is 15.9 Å². The first-order valence-corrected chi connectivity index (χ1v) is 7.47. The van der Waals surface area contributed by atoms with Gasteiger partial charge >= 0.3 is 5.97 Å². The summed E-state index contributed by atoms with van der Waals surface area (Å²) in [5.74, 6) is 0.0484. The zero-order valence-electron chi connectivity index (χ0n) is 10.9. The van der Waals surface area contributed by atoms with Gasteiger partial charge in [0.15, 0.2) is 0 Å². The quantitative estimate of drug-likeness (QED) is 0.915. The van der Waals surface area contributed by atoms with Crippen molar-refractivity contribution < 1.29 is 9.90 Å². The van der Waals surface area contributed by atoms with Crippen molar-refractivity contribution in [3.8, 4) is 0 Å². The molecule has 0 saturated carbocycles. The molecule has 4 nitrogen and oxygen atoms in total. The highest BCUT2D eigenvalue weighted by Gasteiger charge is 2.25. The van der Waals surface area contributed by atoms with E-state index in [1.165, 1.54) is 0 Å². The topological polar surface area (TPSA) is 53.4 Å². The van der Waals surface area contributed by atoms with Crippen molar-refractivity contribution in [3.63, 3.8) is 0 Å². The standard InChI is InChI=1S/C15H15BrN2O2/c16-12-2-3-13-11(9-12)1-4-14(17-13)18-7-5-10(6-8-18)15(19)20/h1-4,9-10H,5-8H2,(H,19,20). The van der Waals surface area contributed by atoms with Crippen LogP contribution >= 0.6 is 15.9 Å².